The number of amides is 10. The minimum atomic E-state index is -5.89. The molecule has 4 aromatic rings. The van der Waals surface area contributed by atoms with Gasteiger partial charge in [0.15, 0.2) is 0 Å². The number of fused-ring (bicyclic) bond motifs is 3. The fraction of sp³-hybridized carbons (Fsp3) is 0.508. The topological polar surface area (TPSA) is 327 Å². The molecule has 1 unspecified atom stereocenters. The summed E-state index contributed by atoms with van der Waals surface area (Å²) in [4.78, 5) is 162. The van der Waals surface area contributed by atoms with Crippen LogP contribution in [-0.2, 0) is 56.8 Å². The number of likely N-dealkylation sites (N-methyl/N-ethyl adjacent to an activating group) is 1. The van der Waals surface area contributed by atoms with E-state index >= 15 is 0 Å². The molecule has 0 spiro atoms. The number of carbonyl (C=O) groups excluding carboxylic acids is 10. The van der Waals surface area contributed by atoms with Crippen molar-refractivity contribution in [2.24, 2.45) is 11.7 Å². The van der Waals surface area contributed by atoms with Crippen molar-refractivity contribution in [1.29, 1.82) is 0 Å². The Morgan fingerprint density at radius 3 is 2.30 bits per heavy atom. The van der Waals surface area contributed by atoms with Gasteiger partial charge in [-0.1, -0.05) is 62.3 Å². The normalized spacial score (nSPS) is 21.6. The highest BCUT2D eigenvalue weighted by Crippen LogP contribution is 2.59. The smallest absolute Gasteiger partial charge is 0.370 e. The van der Waals surface area contributed by atoms with Gasteiger partial charge in [-0.25, -0.2) is 0 Å². The van der Waals surface area contributed by atoms with E-state index in [1.165, 1.54) is 21.9 Å². The zero-order valence-electron chi connectivity index (χ0n) is 51.1. The van der Waals surface area contributed by atoms with Gasteiger partial charge < -0.3 is 56.4 Å². The van der Waals surface area contributed by atoms with E-state index in [9.17, 15) is 71.1 Å². The molecule has 27 heteroatoms. The molecule has 6 atom stereocenters. The lowest BCUT2D eigenvalue weighted by molar-refractivity contribution is -0.144. The van der Waals surface area contributed by atoms with Crippen LogP contribution in [0.3, 0.4) is 0 Å². The lowest BCUT2D eigenvalue weighted by atomic mass is 9.91. The Bertz CT molecular complexity index is 3650. The van der Waals surface area contributed by atoms with Crippen molar-refractivity contribution in [2.45, 2.75) is 171 Å². The van der Waals surface area contributed by atoms with Crippen LogP contribution in [0.4, 0.5) is 8.78 Å². The molecule has 0 bridgehead atoms. The molecule has 10 rings (SSSR count). The standard InChI is InChI=1S/C65H77F2N10O13PS/c1-2-74-30-29-45-20-22-52(77(45)64(87)50(37-74)72-61(84)54-35-42-34-43(19-24-53(42)92-54)65(66,67)91(88,89)90)60(83)70-48(21-25-55(68)78)58(81)71-49(33-39-15-17-41(18-16-39)57(80)69-44-12-4-3-5-13-44)63(86)75-31-27-38(28-32-75)9-6-7-10-40-11-8-14-46-47(40)36-76(62(46)85)51-23-26-56(79)73-59(51)82/h8,11,14-19,24,34-35,38,44-45,48-52H,2-6,9,12-13,20-23,25-33,36-37H2,1H3,(H2,68,78)(H,69,80)(H,70,83)(H,71,81)(H,72,84)(H,73,79,82)(H2,88,89,90)/t45-,48+,49+,50+,51?,52+/m1/s1. The summed E-state index contributed by atoms with van der Waals surface area (Å²) in [7, 11) is -5.89. The van der Waals surface area contributed by atoms with Gasteiger partial charge in [-0.2, -0.15) is 8.78 Å². The number of benzene rings is 3. The number of nitrogens with one attached hydrogen (secondary N) is 5. The van der Waals surface area contributed by atoms with Gasteiger partial charge >= 0.3 is 13.3 Å². The van der Waals surface area contributed by atoms with E-state index in [-0.39, 0.29) is 91.6 Å². The average molecular weight is 1310 g/mol. The first-order valence-electron chi connectivity index (χ1n) is 31.6. The molecule has 4 saturated heterocycles. The summed E-state index contributed by atoms with van der Waals surface area (Å²) >= 11 is 0.920. The molecule has 0 radical (unpaired) electrons. The maximum absolute atomic E-state index is 14.8. The van der Waals surface area contributed by atoms with E-state index in [1.807, 2.05) is 17.9 Å². The average Bonchev–Trinajstić information content (AvgIpc) is 1.54. The number of hydrogen-bond donors (Lipinski definition) is 8. The largest absolute Gasteiger partial charge is 0.399 e. The monoisotopic (exact) mass is 1310 g/mol. The molecule has 10 amide bonds. The Hall–Kier alpha value is -7.95. The second-order valence-corrected chi connectivity index (χ2v) is 27.6. The van der Waals surface area contributed by atoms with Crippen molar-refractivity contribution in [3.8, 4) is 11.8 Å². The number of piperidine rings is 2. The summed E-state index contributed by atoms with van der Waals surface area (Å²) in [6.45, 7) is 3.85. The number of carbonyl (C=O) groups is 10. The van der Waals surface area contributed by atoms with E-state index in [1.54, 1.807) is 41.3 Å². The number of primary amides is 1. The molecular weight excluding hydrogens is 1230 g/mol. The van der Waals surface area contributed by atoms with Gasteiger partial charge in [0, 0.05) is 97.4 Å². The molecule has 490 valence electrons. The summed E-state index contributed by atoms with van der Waals surface area (Å²) in [5, 5.41) is 14.0. The van der Waals surface area contributed by atoms with Crippen molar-refractivity contribution in [3.05, 3.63) is 105 Å². The molecule has 9 N–H and O–H groups in total. The summed E-state index contributed by atoms with van der Waals surface area (Å²) in [6.07, 6.45) is 8.33. The summed E-state index contributed by atoms with van der Waals surface area (Å²) in [5.41, 5.74) is 3.14. The van der Waals surface area contributed by atoms with Crippen molar-refractivity contribution in [1.82, 2.24) is 46.2 Å². The lowest BCUT2D eigenvalue weighted by Gasteiger charge is -2.38. The number of rotatable bonds is 20. The highest BCUT2D eigenvalue weighted by molar-refractivity contribution is 7.52. The molecule has 3 aromatic carbocycles. The van der Waals surface area contributed by atoms with Gasteiger partial charge in [0.25, 0.3) is 17.7 Å². The maximum Gasteiger partial charge on any atom is 0.399 e. The number of imide groups is 1. The third kappa shape index (κ3) is 15.4. The number of alkyl halides is 2. The first-order chi connectivity index (χ1) is 44.0. The minimum Gasteiger partial charge on any atom is -0.370 e. The van der Waals surface area contributed by atoms with Crippen LogP contribution in [0.2, 0.25) is 0 Å². The second kappa shape index (κ2) is 28.9. The summed E-state index contributed by atoms with van der Waals surface area (Å²) in [6, 6.07) is 10.3. The van der Waals surface area contributed by atoms with Gasteiger partial charge in [-0.3, -0.25) is 57.8 Å². The molecule has 1 aromatic heterocycles. The first-order valence-corrected chi connectivity index (χ1v) is 34.0. The van der Waals surface area contributed by atoms with Crippen LogP contribution < -0.4 is 32.3 Å². The zero-order chi connectivity index (χ0) is 65.6. The molecule has 5 aliphatic heterocycles. The number of nitrogens with zero attached hydrogens (tertiary/aromatic N) is 4. The molecule has 5 fully saturated rings. The van der Waals surface area contributed by atoms with Crippen LogP contribution in [0.25, 0.3) is 10.1 Å². The molecule has 6 aliphatic rings. The Morgan fingerprint density at radius 2 is 1.60 bits per heavy atom. The van der Waals surface area contributed by atoms with E-state index in [0.717, 1.165) is 67.6 Å². The van der Waals surface area contributed by atoms with Gasteiger partial charge in [-0.05, 0) is 136 Å². The van der Waals surface area contributed by atoms with E-state index in [4.69, 9.17) is 5.73 Å². The van der Waals surface area contributed by atoms with E-state index in [2.05, 4.69) is 38.4 Å². The molecule has 92 heavy (non-hydrogen) atoms. The SMILES string of the molecule is CCN1CC[C@H]2CC[C@@H](C(=O)N[C@@H](CCC(N)=O)C(=O)N[C@@H](Cc3ccc(C(=O)NC4CCCCC4)cc3)C(=O)N3CCC(CCC#Cc4cccc5c4CN(C4CCC(=O)NC4=O)C5=O)CC3)N2C(=O)[C@@H](NC(=O)c2cc3cc(C(F)(F)P(=O)(O)O)ccc3s2)C1. The predicted octanol–water partition coefficient (Wildman–Crippen LogP) is 4.68. The highest BCUT2D eigenvalue weighted by atomic mass is 32.1. The maximum atomic E-state index is 14.8. The minimum absolute atomic E-state index is 0.00920. The van der Waals surface area contributed by atoms with Crippen LogP contribution in [0, 0.1) is 17.8 Å². The fourth-order valence-corrected chi connectivity index (χ4v) is 14.9. The Kier molecular flexibility index (Phi) is 21.0. The molecule has 1 saturated carbocycles. The third-order valence-corrected chi connectivity index (χ3v) is 20.8. The van der Waals surface area contributed by atoms with Crippen LogP contribution in [0.5, 0.6) is 0 Å². The Labute approximate surface area is 534 Å². The number of nitrogens with two attached hydrogens (primary N) is 1. The van der Waals surface area contributed by atoms with E-state index < -0.39 is 96.4 Å². The number of halogens is 2. The molecular formula is C65H77F2N10O13PS. The zero-order valence-corrected chi connectivity index (χ0v) is 52.8. The van der Waals surface area contributed by atoms with E-state index in [0.29, 0.717) is 85.2 Å². The van der Waals surface area contributed by atoms with Crippen molar-refractivity contribution in [3.63, 3.8) is 0 Å². The van der Waals surface area contributed by atoms with Gasteiger partial charge in [0.1, 0.15) is 30.2 Å². The quantitative estimate of drug-likeness (QED) is 0.0339. The van der Waals surface area contributed by atoms with Crippen LogP contribution in [-0.4, -0.2) is 163 Å². The predicted molar refractivity (Wildman–Crippen MR) is 334 cm³/mol. The Morgan fingerprint density at radius 1 is 0.848 bits per heavy atom. The Balaban J connectivity index is 0.816. The summed E-state index contributed by atoms with van der Waals surface area (Å²) < 4.78 is 41.3. The molecule has 6 heterocycles. The van der Waals surface area contributed by atoms with Crippen molar-refractivity contribution >= 4 is 88.1 Å². The number of hydrogen-bond acceptors (Lipinski definition) is 13. The first kappa shape index (κ1) is 67.0. The molecule has 23 nitrogen and oxygen atoms in total. The van der Waals surface area contributed by atoms with Gasteiger partial charge in [0.2, 0.25) is 41.4 Å². The van der Waals surface area contributed by atoms with Crippen LogP contribution >= 0.6 is 18.9 Å². The highest BCUT2D eigenvalue weighted by Gasteiger charge is 2.51. The van der Waals surface area contributed by atoms with Crippen molar-refractivity contribution in [2.75, 3.05) is 32.7 Å². The summed E-state index contributed by atoms with van der Waals surface area (Å²) in [5.74, 6) is 1.35. The van der Waals surface area contributed by atoms with Gasteiger partial charge in [-0.15, -0.1) is 11.3 Å². The lowest BCUT2D eigenvalue weighted by Crippen LogP contribution is -2.62. The fourth-order valence-electron chi connectivity index (χ4n) is 13.5. The van der Waals surface area contributed by atoms with Crippen molar-refractivity contribution < 1.29 is 71.1 Å². The van der Waals surface area contributed by atoms with Crippen LogP contribution in [0.15, 0.2) is 66.7 Å². The second-order valence-electron chi connectivity index (χ2n) is 24.8. The number of thiophene rings is 1. The van der Waals surface area contributed by atoms with Gasteiger partial charge in [0.05, 0.1) is 4.88 Å². The van der Waals surface area contributed by atoms with Crippen LogP contribution in [0.1, 0.15) is 162 Å². The number of likely N-dealkylation sites (tertiary alicyclic amines) is 1. The third-order valence-electron chi connectivity index (χ3n) is 18.7. The molecule has 1 aliphatic carbocycles.